The fourth-order valence-electron chi connectivity index (χ4n) is 3.28. The highest BCUT2D eigenvalue weighted by molar-refractivity contribution is 7.89. The fraction of sp³-hybridized carbons (Fsp3) is 0.333. The van der Waals surface area contributed by atoms with Gasteiger partial charge in [0.15, 0.2) is 4.90 Å². The van der Waals surface area contributed by atoms with Crippen LogP contribution in [0.3, 0.4) is 0 Å². The van der Waals surface area contributed by atoms with Crippen LogP contribution in [0.1, 0.15) is 30.0 Å². The Kier molecular flexibility index (Phi) is 6.39. The van der Waals surface area contributed by atoms with Gasteiger partial charge in [-0.1, -0.05) is 12.1 Å². The van der Waals surface area contributed by atoms with E-state index in [1.807, 2.05) is 12.1 Å². The number of rotatable bonds is 5. The first-order valence-electron chi connectivity index (χ1n) is 8.08. The zero-order chi connectivity index (χ0) is 18.0. The Balaban J connectivity index is 0.00000243. The molecule has 6 nitrogen and oxygen atoms in total. The van der Waals surface area contributed by atoms with E-state index in [4.69, 9.17) is 15.2 Å². The van der Waals surface area contributed by atoms with Gasteiger partial charge in [-0.2, -0.15) is 0 Å². The van der Waals surface area contributed by atoms with Gasteiger partial charge >= 0.3 is 0 Å². The Morgan fingerprint density at radius 3 is 2.38 bits per heavy atom. The predicted molar refractivity (Wildman–Crippen MR) is 104 cm³/mol. The van der Waals surface area contributed by atoms with Gasteiger partial charge in [0.25, 0.3) is 0 Å². The number of halogens is 1. The monoisotopic (exact) mass is 398 g/mol. The zero-order valence-corrected chi connectivity index (χ0v) is 16.3. The summed E-state index contributed by atoms with van der Waals surface area (Å²) in [5, 5.41) is 0. The second kappa shape index (κ2) is 8.16. The van der Waals surface area contributed by atoms with Gasteiger partial charge in [-0.15, -0.1) is 12.4 Å². The lowest BCUT2D eigenvalue weighted by molar-refractivity contribution is 0.372. The maximum Gasteiger partial charge on any atom is 0.248 e. The molecule has 1 aliphatic carbocycles. The number of hydrogen-bond donors (Lipinski definition) is 2. The van der Waals surface area contributed by atoms with E-state index in [2.05, 4.69) is 4.72 Å². The van der Waals surface area contributed by atoms with Gasteiger partial charge in [0.05, 0.1) is 14.2 Å². The number of benzene rings is 2. The van der Waals surface area contributed by atoms with Crippen LogP contribution in [0.2, 0.25) is 0 Å². The summed E-state index contributed by atoms with van der Waals surface area (Å²) >= 11 is 0. The van der Waals surface area contributed by atoms with Crippen LogP contribution in [0.4, 0.5) is 5.69 Å². The van der Waals surface area contributed by atoms with Crippen molar-refractivity contribution in [3.63, 3.8) is 0 Å². The van der Waals surface area contributed by atoms with E-state index in [0.717, 1.165) is 30.4 Å². The molecule has 0 spiro atoms. The third-order valence-electron chi connectivity index (χ3n) is 4.43. The van der Waals surface area contributed by atoms with Crippen molar-refractivity contribution in [1.29, 1.82) is 0 Å². The number of ether oxygens (including phenoxy) is 2. The molecule has 1 unspecified atom stereocenters. The summed E-state index contributed by atoms with van der Waals surface area (Å²) in [5.41, 5.74) is 8.60. The number of nitrogens with two attached hydrogens (primary N) is 1. The van der Waals surface area contributed by atoms with Crippen molar-refractivity contribution in [3.05, 3.63) is 47.5 Å². The molecule has 0 amide bonds. The van der Waals surface area contributed by atoms with Gasteiger partial charge in [0, 0.05) is 11.7 Å². The third kappa shape index (κ3) is 3.90. The second-order valence-corrected chi connectivity index (χ2v) is 7.67. The molecule has 0 saturated heterocycles. The van der Waals surface area contributed by atoms with E-state index in [1.54, 1.807) is 24.3 Å². The maximum absolute atomic E-state index is 13.0. The maximum atomic E-state index is 13.0. The molecule has 0 aliphatic heterocycles. The second-order valence-electron chi connectivity index (χ2n) is 6.02. The summed E-state index contributed by atoms with van der Waals surface area (Å²) in [6.45, 7) is 0. The Morgan fingerprint density at radius 1 is 1.12 bits per heavy atom. The molecule has 3 rings (SSSR count). The van der Waals surface area contributed by atoms with Crippen LogP contribution in [-0.2, 0) is 16.4 Å². The molecule has 3 N–H and O–H groups in total. The lowest BCUT2D eigenvalue weighted by atomic mass is 9.88. The molecule has 1 aliphatic rings. The van der Waals surface area contributed by atoms with E-state index < -0.39 is 10.0 Å². The summed E-state index contributed by atoms with van der Waals surface area (Å²) in [4.78, 5) is 0.0163. The van der Waals surface area contributed by atoms with Crippen molar-refractivity contribution >= 4 is 28.1 Å². The number of aryl methyl sites for hydroxylation is 1. The Bertz CT molecular complexity index is 865. The number of nitrogen functional groups attached to an aromatic ring is 1. The topological polar surface area (TPSA) is 90.6 Å². The van der Waals surface area contributed by atoms with E-state index in [1.165, 1.54) is 14.2 Å². The summed E-state index contributed by atoms with van der Waals surface area (Å²) in [7, 11) is -0.956. The van der Waals surface area contributed by atoms with Crippen molar-refractivity contribution in [1.82, 2.24) is 4.72 Å². The zero-order valence-electron chi connectivity index (χ0n) is 14.7. The number of anilines is 1. The normalized spacial score (nSPS) is 16.3. The minimum atomic E-state index is -3.83. The number of hydrogen-bond acceptors (Lipinski definition) is 5. The van der Waals surface area contributed by atoms with Crippen molar-refractivity contribution in [2.45, 2.75) is 30.2 Å². The molecule has 1 atom stereocenters. The summed E-state index contributed by atoms with van der Waals surface area (Å²) in [6, 6.07) is 10.2. The molecule has 0 radical (unpaired) electrons. The van der Waals surface area contributed by atoms with Gasteiger partial charge in [0.1, 0.15) is 11.5 Å². The highest BCUT2D eigenvalue weighted by Gasteiger charge is 2.30. The summed E-state index contributed by atoms with van der Waals surface area (Å²) < 4.78 is 39.4. The Morgan fingerprint density at radius 2 is 1.77 bits per heavy atom. The molecule has 2 aromatic rings. The average Bonchev–Trinajstić information content (AvgIpc) is 2.60. The summed E-state index contributed by atoms with van der Waals surface area (Å²) in [6.07, 6.45) is 2.52. The van der Waals surface area contributed by atoms with Crippen molar-refractivity contribution in [2.75, 3.05) is 20.0 Å². The van der Waals surface area contributed by atoms with E-state index in [9.17, 15) is 8.42 Å². The van der Waals surface area contributed by atoms with Gasteiger partial charge in [-0.05, 0) is 54.7 Å². The first-order chi connectivity index (χ1) is 12.0. The van der Waals surface area contributed by atoms with Crippen LogP contribution in [0.5, 0.6) is 11.5 Å². The van der Waals surface area contributed by atoms with Gasteiger partial charge < -0.3 is 15.2 Å². The number of fused-ring (bicyclic) bond motifs is 1. The Labute approximate surface area is 160 Å². The highest BCUT2D eigenvalue weighted by Crippen LogP contribution is 2.36. The molecule has 26 heavy (non-hydrogen) atoms. The van der Waals surface area contributed by atoms with E-state index >= 15 is 0 Å². The van der Waals surface area contributed by atoms with Crippen LogP contribution in [-0.4, -0.2) is 22.6 Å². The largest absolute Gasteiger partial charge is 0.495 e. The predicted octanol–water partition coefficient (Wildman–Crippen LogP) is 3.06. The SMILES string of the molecule is COc1cccc(OC)c1S(=O)(=O)NC1CCCc2cc(N)ccc21.Cl. The summed E-state index contributed by atoms with van der Waals surface area (Å²) in [5.74, 6) is 0.500. The highest BCUT2D eigenvalue weighted by atomic mass is 35.5. The third-order valence-corrected chi connectivity index (χ3v) is 5.96. The average molecular weight is 399 g/mol. The molecule has 8 heteroatoms. The standard InChI is InChI=1S/C18H22N2O4S.ClH/c1-23-16-7-4-8-17(24-2)18(16)25(21,22)20-15-6-3-5-12-11-13(19)9-10-14(12)15;/h4,7-11,15,20H,3,5-6,19H2,1-2H3;1H. The lowest BCUT2D eigenvalue weighted by Gasteiger charge is -2.27. The quantitative estimate of drug-likeness (QED) is 0.755. The minimum absolute atomic E-state index is 0. The van der Waals surface area contributed by atoms with Crippen LogP contribution >= 0.6 is 12.4 Å². The van der Waals surface area contributed by atoms with Crippen molar-refractivity contribution in [3.8, 4) is 11.5 Å². The van der Waals surface area contributed by atoms with Gasteiger partial charge in [-0.25, -0.2) is 13.1 Å². The first-order valence-corrected chi connectivity index (χ1v) is 9.56. The number of sulfonamides is 1. The molecule has 0 heterocycles. The molecular formula is C18H23ClN2O4S. The molecule has 142 valence electrons. The smallest absolute Gasteiger partial charge is 0.248 e. The minimum Gasteiger partial charge on any atom is -0.495 e. The number of methoxy groups -OCH3 is 2. The van der Waals surface area contributed by atoms with Gasteiger partial charge in [0.2, 0.25) is 10.0 Å². The van der Waals surface area contributed by atoms with E-state index in [-0.39, 0.29) is 34.8 Å². The van der Waals surface area contributed by atoms with Crippen LogP contribution < -0.4 is 19.9 Å². The van der Waals surface area contributed by atoms with Gasteiger partial charge in [-0.3, -0.25) is 0 Å². The first kappa shape index (κ1) is 20.4. The van der Waals surface area contributed by atoms with Crippen molar-refractivity contribution < 1.29 is 17.9 Å². The molecule has 0 aromatic heterocycles. The van der Waals surface area contributed by atoms with Crippen molar-refractivity contribution in [2.24, 2.45) is 0 Å². The Hall–Kier alpha value is -1.96. The molecular weight excluding hydrogens is 376 g/mol. The lowest BCUT2D eigenvalue weighted by Crippen LogP contribution is -2.31. The molecule has 0 saturated carbocycles. The molecule has 2 aromatic carbocycles. The van der Waals surface area contributed by atoms with Crippen LogP contribution in [0.15, 0.2) is 41.3 Å². The van der Waals surface area contributed by atoms with Crippen LogP contribution in [0.25, 0.3) is 0 Å². The fourth-order valence-corrected chi connectivity index (χ4v) is 4.85. The van der Waals surface area contributed by atoms with Crippen LogP contribution in [0, 0.1) is 0 Å². The van der Waals surface area contributed by atoms with E-state index in [0.29, 0.717) is 5.69 Å². The molecule has 0 bridgehead atoms. The molecule has 0 fully saturated rings. The number of nitrogens with one attached hydrogen (secondary N) is 1.